The van der Waals surface area contributed by atoms with Crippen LogP contribution >= 0.6 is 0 Å². The largest absolute Gasteiger partial charge is 0.353 e. The van der Waals surface area contributed by atoms with E-state index in [1.807, 2.05) is 43.0 Å². The monoisotopic (exact) mass is 387 g/mol. The van der Waals surface area contributed by atoms with E-state index in [1.165, 1.54) is 0 Å². The molecule has 1 N–H and O–H groups in total. The number of carbonyl (C=O) groups excluding carboxylic acids is 1. The van der Waals surface area contributed by atoms with Crippen LogP contribution in [0.25, 0.3) is 0 Å². The number of hydrogen-bond donors (Lipinski definition) is 1. The van der Waals surface area contributed by atoms with Crippen LogP contribution in [0.2, 0.25) is 0 Å². The van der Waals surface area contributed by atoms with Crippen LogP contribution < -0.4 is 10.2 Å². The minimum Gasteiger partial charge on any atom is -0.353 e. The molecule has 0 spiro atoms. The lowest BCUT2D eigenvalue weighted by atomic mass is 10.1. The number of anilines is 1. The fourth-order valence-electron chi connectivity index (χ4n) is 3.45. The number of sulfone groups is 1. The van der Waals surface area contributed by atoms with Gasteiger partial charge >= 0.3 is 0 Å². The predicted molar refractivity (Wildman–Crippen MR) is 107 cm³/mol. The maximum absolute atomic E-state index is 12.5. The summed E-state index contributed by atoms with van der Waals surface area (Å²) in [5.74, 6) is 0.829. The molecule has 7 heteroatoms. The van der Waals surface area contributed by atoms with Gasteiger partial charge in [0.2, 0.25) is 0 Å². The molecule has 1 fully saturated rings. The molecule has 1 aromatic carbocycles. The van der Waals surface area contributed by atoms with Gasteiger partial charge in [-0.25, -0.2) is 13.4 Å². The van der Waals surface area contributed by atoms with Crippen molar-refractivity contribution in [3.05, 3.63) is 59.3 Å². The van der Waals surface area contributed by atoms with Gasteiger partial charge in [-0.3, -0.25) is 4.79 Å². The van der Waals surface area contributed by atoms with Gasteiger partial charge in [0.15, 0.2) is 9.84 Å². The summed E-state index contributed by atoms with van der Waals surface area (Å²) in [7, 11) is -2.98. The fraction of sp³-hybridized carbons (Fsp3) is 0.400. The highest BCUT2D eigenvalue weighted by Gasteiger charge is 2.32. The van der Waals surface area contributed by atoms with Crippen molar-refractivity contribution < 1.29 is 13.2 Å². The molecule has 1 saturated heterocycles. The lowest BCUT2D eigenvalue weighted by Crippen LogP contribution is -2.37. The van der Waals surface area contributed by atoms with Gasteiger partial charge in [0.05, 0.1) is 11.5 Å². The Morgan fingerprint density at radius 2 is 2.11 bits per heavy atom. The summed E-state index contributed by atoms with van der Waals surface area (Å²) < 4.78 is 23.6. The summed E-state index contributed by atoms with van der Waals surface area (Å²) in [6.07, 6.45) is 2.20. The Bertz CT molecular complexity index is 928. The number of nitrogens with one attached hydrogen (secondary N) is 1. The zero-order chi connectivity index (χ0) is 19.4. The Labute approximate surface area is 160 Å². The average molecular weight is 388 g/mol. The fourth-order valence-corrected chi connectivity index (χ4v) is 5.18. The van der Waals surface area contributed by atoms with E-state index in [1.54, 1.807) is 18.3 Å². The van der Waals surface area contributed by atoms with E-state index < -0.39 is 9.84 Å². The van der Waals surface area contributed by atoms with E-state index in [0.29, 0.717) is 30.9 Å². The van der Waals surface area contributed by atoms with E-state index in [-0.39, 0.29) is 23.5 Å². The molecular formula is C20H25N3O3S. The van der Waals surface area contributed by atoms with Crippen molar-refractivity contribution in [1.82, 2.24) is 10.3 Å². The van der Waals surface area contributed by atoms with E-state index in [4.69, 9.17) is 0 Å². The van der Waals surface area contributed by atoms with Crippen LogP contribution in [0.15, 0.2) is 42.6 Å². The molecule has 27 heavy (non-hydrogen) atoms. The third-order valence-electron chi connectivity index (χ3n) is 4.83. The molecule has 6 nitrogen and oxygen atoms in total. The van der Waals surface area contributed by atoms with Gasteiger partial charge in [0.25, 0.3) is 5.91 Å². The van der Waals surface area contributed by atoms with Crippen molar-refractivity contribution in [1.29, 1.82) is 0 Å². The summed E-state index contributed by atoms with van der Waals surface area (Å²) in [5, 5.41) is 2.93. The maximum atomic E-state index is 12.5. The lowest BCUT2D eigenvalue weighted by molar-refractivity contribution is 0.0950. The topological polar surface area (TPSA) is 79.4 Å². The van der Waals surface area contributed by atoms with Crippen LogP contribution in [0.1, 0.15) is 34.8 Å². The number of pyridine rings is 1. The maximum Gasteiger partial charge on any atom is 0.251 e. The molecule has 1 aliphatic rings. The smallest absolute Gasteiger partial charge is 0.251 e. The first-order chi connectivity index (χ1) is 12.9. The number of carbonyl (C=O) groups is 1. The minimum absolute atomic E-state index is 0.0851. The van der Waals surface area contributed by atoms with Gasteiger partial charge in [-0.2, -0.15) is 0 Å². The molecular weight excluding hydrogens is 362 g/mol. The Hall–Kier alpha value is -2.41. The summed E-state index contributed by atoms with van der Waals surface area (Å²) >= 11 is 0. The Balaban J connectivity index is 1.71. The second-order valence-corrected chi connectivity index (χ2v) is 9.15. The first kappa shape index (κ1) is 19.4. The van der Waals surface area contributed by atoms with E-state index >= 15 is 0 Å². The average Bonchev–Trinajstić information content (AvgIpc) is 3.00. The first-order valence-corrected chi connectivity index (χ1v) is 11.0. The highest BCUT2D eigenvalue weighted by atomic mass is 32.2. The summed E-state index contributed by atoms with van der Waals surface area (Å²) in [6, 6.07) is 11.3. The molecule has 0 aliphatic carbocycles. The first-order valence-electron chi connectivity index (χ1n) is 9.15. The van der Waals surface area contributed by atoms with Gasteiger partial charge < -0.3 is 10.2 Å². The molecule has 1 atom stereocenters. The zero-order valence-corrected chi connectivity index (χ0v) is 16.5. The lowest BCUT2D eigenvalue weighted by Gasteiger charge is -2.28. The molecule has 1 aromatic heterocycles. The third kappa shape index (κ3) is 4.86. The van der Waals surface area contributed by atoms with Crippen molar-refractivity contribution in [3.8, 4) is 0 Å². The standard InChI is InChI=1S/C20H25N3O3S/c1-3-23(18-8-10-27(25,26)14-18)19-12-17(7-9-21-19)20(24)22-13-16-6-4-5-15(2)11-16/h4-7,9,11-12,18H,3,8,10,13-14H2,1-2H3,(H,22,24). The number of aryl methyl sites for hydroxylation is 1. The number of rotatable bonds is 6. The third-order valence-corrected chi connectivity index (χ3v) is 6.58. The van der Waals surface area contributed by atoms with Gasteiger partial charge in [-0.05, 0) is 38.0 Å². The van der Waals surface area contributed by atoms with Crippen LogP contribution in [-0.2, 0) is 16.4 Å². The SMILES string of the molecule is CCN(c1cc(C(=O)NCc2cccc(C)c2)ccn1)C1CCS(=O)(=O)C1. The summed E-state index contributed by atoms with van der Waals surface area (Å²) in [4.78, 5) is 18.9. The van der Waals surface area contributed by atoms with Crippen LogP contribution in [0.5, 0.6) is 0 Å². The second-order valence-electron chi connectivity index (χ2n) is 6.92. The number of aromatic nitrogens is 1. The van der Waals surface area contributed by atoms with Gasteiger partial charge in [0, 0.05) is 30.9 Å². The Morgan fingerprint density at radius 1 is 1.30 bits per heavy atom. The molecule has 0 saturated carbocycles. The quantitative estimate of drug-likeness (QED) is 0.823. The van der Waals surface area contributed by atoms with E-state index in [2.05, 4.69) is 10.3 Å². The summed E-state index contributed by atoms with van der Waals surface area (Å²) in [5.41, 5.74) is 2.72. The predicted octanol–water partition coefficient (Wildman–Crippen LogP) is 2.33. The van der Waals surface area contributed by atoms with Gasteiger partial charge in [-0.15, -0.1) is 0 Å². The van der Waals surface area contributed by atoms with Crippen molar-refractivity contribution in [3.63, 3.8) is 0 Å². The summed E-state index contributed by atoms with van der Waals surface area (Å²) in [6.45, 7) is 5.08. The molecule has 1 amide bonds. The van der Waals surface area contributed by atoms with Crippen molar-refractivity contribution in [2.24, 2.45) is 0 Å². The normalized spacial score (nSPS) is 18.2. The zero-order valence-electron chi connectivity index (χ0n) is 15.7. The van der Waals surface area contributed by atoms with Crippen molar-refractivity contribution in [2.75, 3.05) is 23.0 Å². The molecule has 0 radical (unpaired) electrons. The van der Waals surface area contributed by atoms with Gasteiger partial charge in [-0.1, -0.05) is 29.8 Å². The highest BCUT2D eigenvalue weighted by molar-refractivity contribution is 7.91. The number of hydrogen-bond acceptors (Lipinski definition) is 5. The van der Waals surface area contributed by atoms with E-state index in [9.17, 15) is 13.2 Å². The van der Waals surface area contributed by atoms with Crippen LogP contribution in [0.3, 0.4) is 0 Å². The number of amides is 1. The second kappa shape index (κ2) is 8.08. The minimum atomic E-state index is -2.98. The molecule has 2 heterocycles. The van der Waals surface area contributed by atoms with Crippen LogP contribution in [0.4, 0.5) is 5.82 Å². The highest BCUT2D eigenvalue weighted by Crippen LogP contribution is 2.23. The molecule has 3 rings (SSSR count). The van der Waals surface area contributed by atoms with Crippen LogP contribution in [0, 0.1) is 6.92 Å². The molecule has 0 bridgehead atoms. The van der Waals surface area contributed by atoms with Crippen molar-refractivity contribution >= 4 is 21.6 Å². The number of benzene rings is 1. The van der Waals surface area contributed by atoms with E-state index in [0.717, 1.165) is 11.1 Å². The molecule has 2 aromatic rings. The Kier molecular flexibility index (Phi) is 5.79. The molecule has 144 valence electrons. The number of nitrogens with zero attached hydrogens (tertiary/aromatic N) is 2. The Morgan fingerprint density at radius 3 is 2.78 bits per heavy atom. The molecule has 1 unspecified atom stereocenters. The van der Waals surface area contributed by atoms with Crippen LogP contribution in [-0.4, -0.2) is 43.4 Å². The van der Waals surface area contributed by atoms with Gasteiger partial charge in [0.1, 0.15) is 5.82 Å². The van der Waals surface area contributed by atoms with Crippen molar-refractivity contribution in [2.45, 2.75) is 32.9 Å². The molecule has 1 aliphatic heterocycles.